The summed E-state index contributed by atoms with van der Waals surface area (Å²) in [4.78, 5) is 65.4. The molecule has 1 fully saturated rings. The molecule has 0 spiro atoms. The molecule has 3 N–H and O–H groups in total. The van der Waals surface area contributed by atoms with Crippen LogP contribution < -0.4 is 16.0 Å². The largest absolute Gasteiger partial charge is 0.356 e. The van der Waals surface area contributed by atoms with Crippen molar-refractivity contribution in [2.24, 2.45) is 17.8 Å². The summed E-state index contributed by atoms with van der Waals surface area (Å²) in [6, 6.07) is 21.6. The zero-order valence-electron chi connectivity index (χ0n) is 26.7. The molecule has 4 atom stereocenters. The predicted molar refractivity (Wildman–Crippen MR) is 175 cm³/mol. The molecule has 3 amide bonds. The molecule has 3 aromatic rings. The summed E-state index contributed by atoms with van der Waals surface area (Å²) < 4.78 is 0. The third-order valence-corrected chi connectivity index (χ3v) is 8.83. The van der Waals surface area contributed by atoms with Crippen LogP contribution in [0.3, 0.4) is 0 Å². The van der Waals surface area contributed by atoms with Gasteiger partial charge in [-0.25, -0.2) is 0 Å². The quantitative estimate of drug-likeness (QED) is 0.216. The molecule has 0 bridgehead atoms. The van der Waals surface area contributed by atoms with Gasteiger partial charge in [-0.1, -0.05) is 86.6 Å². The molecule has 1 aliphatic rings. The van der Waals surface area contributed by atoms with Gasteiger partial charge in [0.25, 0.3) is 0 Å². The summed E-state index contributed by atoms with van der Waals surface area (Å²) in [5.41, 5.74) is 0.841. The first-order valence-electron chi connectivity index (χ1n) is 15.9. The summed E-state index contributed by atoms with van der Waals surface area (Å²) in [5.74, 6) is -1.98. The van der Waals surface area contributed by atoms with E-state index in [1.165, 1.54) is 0 Å². The molecule has 1 saturated heterocycles. The van der Waals surface area contributed by atoms with Crippen LogP contribution in [0.1, 0.15) is 64.5 Å². The fourth-order valence-corrected chi connectivity index (χ4v) is 6.12. The number of aldehydes is 1. The third-order valence-electron chi connectivity index (χ3n) is 8.83. The van der Waals surface area contributed by atoms with Crippen LogP contribution in [0, 0.1) is 17.8 Å². The van der Waals surface area contributed by atoms with E-state index in [4.69, 9.17) is 0 Å². The van der Waals surface area contributed by atoms with Gasteiger partial charge in [0.1, 0.15) is 6.29 Å². The van der Waals surface area contributed by atoms with Crippen molar-refractivity contribution in [2.45, 2.75) is 77.3 Å². The van der Waals surface area contributed by atoms with E-state index in [-0.39, 0.29) is 48.7 Å². The first-order valence-corrected chi connectivity index (χ1v) is 15.9. The number of benzene rings is 3. The van der Waals surface area contributed by atoms with E-state index in [9.17, 15) is 24.0 Å². The highest BCUT2D eigenvalue weighted by atomic mass is 16.2. The summed E-state index contributed by atoms with van der Waals surface area (Å²) in [7, 11) is 0. The summed E-state index contributed by atoms with van der Waals surface area (Å²) in [6.45, 7) is 8.16. The Morgan fingerprint density at radius 2 is 1.64 bits per heavy atom. The van der Waals surface area contributed by atoms with E-state index in [0.29, 0.717) is 25.7 Å². The maximum atomic E-state index is 14.1. The van der Waals surface area contributed by atoms with Gasteiger partial charge in [-0.3, -0.25) is 19.2 Å². The Morgan fingerprint density at radius 3 is 2.31 bits per heavy atom. The number of hydrogen-bond acceptors (Lipinski definition) is 5. The van der Waals surface area contributed by atoms with Gasteiger partial charge in [0.2, 0.25) is 17.7 Å². The van der Waals surface area contributed by atoms with Gasteiger partial charge in [-0.2, -0.15) is 0 Å². The molecule has 0 aromatic heterocycles. The average molecular weight is 612 g/mol. The first-order chi connectivity index (χ1) is 21.5. The maximum Gasteiger partial charge on any atom is 0.230 e. The first kappa shape index (κ1) is 33.6. The van der Waals surface area contributed by atoms with Crippen LogP contribution in [0.25, 0.3) is 10.8 Å². The van der Waals surface area contributed by atoms with Crippen molar-refractivity contribution in [1.29, 1.82) is 0 Å². The lowest BCUT2D eigenvalue weighted by Crippen LogP contribution is -2.50. The van der Waals surface area contributed by atoms with Gasteiger partial charge in [-0.05, 0) is 60.9 Å². The van der Waals surface area contributed by atoms with Crippen LogP contribution in [-0.4, -0.2) is 48.4 Å². The monoisotopic (exact) mass is 611 g/mol. The number of fused-ring (bicyclic) bond motifs is 1. The van der Waals surface area contributed by atoms with Crippen LogP contribution in [0.15, 0.2) is 72.8 Å². The summed E-state index contributed by atoms with van der Waals surface area (Å²) in [6.07, 6.45) is 2.09. The Bertz CT molecular complexity index is 1510. The van der Waals surface area contributed by atoms with Crippen molar-refractivity contribution in [2.75, 3.05) is 6.54 Å². The standard InChI is InChI=1S/C37H45N3O5/c1-24(2)19-28(35(44)39-30(23-41)20-27-17-18-38-34(27)43)22-33(42)32(21-26-13-10-12-25-11-8-9-16-31(25)26)40-36(45)37(3,4)29-14-6-5-7-15-29/h5-16,23-24,27-28,30,32H,17-22H2,1-4H3,(H,38,43)(H,39,44)(H,40,45)/t27-,28+,30-,32-/m0/s1. The maximum absolute atomic E-state index is 14.1. The van der Waals surface area contributed by atoms with Crippen molar-refractivity contribution in [1.82, 2.24) is 16.0 Å². The summed E-state index contributed by atoms with van der Waals surface area (Å²) >= 11 is 0. The second-order valence-corrected chi connectivity index (χ2v) is 13.1. The highest BCUT2D eigenvalue weighted by Gasteiger charge is 2.35. The number of amides is 3. The van der Waals surface area contributed by atoms with Crippen LogP contribution in [0.4, 0.5) is 0 Å². The molecular formula is C37H45N3O5. The molecule has 0 unspecified atom stereocenters. The predicted octanol–water partition coefficient (Wildman–Crippen LogP) is 4.68. The molecule has 1 heterocycles. The number of hydrogen-bond donors (Lipinski definition) is 3. The SMILES string of the molecule is CC(C)C[C@H](CC(=O)[C@H](Cc1cccc2ccccc12)NC(=O)C(C)(C)c1ccccc1)C(=O)N[C@H](C=O)C[C@@H]1CCNC1=O. The highest BCUT2D eigenvalue weighted by Crippen LogP contribution is 2.26. The second kappa shape index (κ2) is 15.1. The molecule has 8 nitrogen and oxygen atoms in total. The normalized spacial score (nSPS) is 16.9. The smallest absolute Gasteiger partial charge is 0.230 e. The van der Waals surface area contributed by atoms with E-state index < -0.39 is 29.3 Å². The van der Waals surface area contributed by atoms with E-state index in [0.717, 1.165) is 21.9 Å². The van der Waals surface area contributed by atoms with Crippen LogP contribution >= 0.6 is 0 Å². The van der Waals surface area contributed by atoms with Crippen molar-refractivity contribution in [3.63, 3.8) is 0 Å². The number of Topliss-reactive ketones (excluding diaryl/α,β-unsaturated/α-hetero) is 1. The molecule has 1 aliphatic heterocycles. The fourth-order valence-electron chi connectivity index (χ4n) is 6.12. The van der Waals surface area contributed by atoms with Crippen LogP contribution in [0.2, 0.25) is 0 Å². The van der Waals surface area contributed by atoms with E-state index >= 15 is 0 Å². The number of carbonyl (C=O) groups excluding carboxylic acids is 5. The minimum atomic E-state index is -0.906. The van der Waals surface area contributed by atoms with Crippen molar-refractivity contribution >= 4 is 40.6 Å². The highest BCUT2D eigenvalue weighted by molar-refractivity contribution is 5.96. The zero-order valence-corrected chi connectivity index (χ0v) is 26.7. The molecular weight excluding hydrogens is 566 g/mol. The van der Waals surface area contributed by atoms with E-state index in [1.807, 2.05) is 100 Å². The van der Waals surface area contributed by atoms with Gasteiger partial charge in [0.15, 0.2) is 5.78 Å². The molecule has 0 radical (unpaired) electrons. The lowest BCUT2D eigenvalue weighted by molar-refractivity contribution is -0.134. The number of carbonyl (C=O) groups is 5. The fraction of sp³-hybridized carbons (Fsp3) is 0.432. The van der Waals surface area contributed by atoms with Crippen LogP contribution in [-0.2, 0) is 35.8 Å². The number of nitrogens with one attached hydrogen (secondary N) is 3. The van der Waals surface area contributed by atoms with Gasteiger partial charge in [0, 0.05) is 31.2 Å². The Hall–Kier alpha value is -4.33. The van der Waals surface area contributed by atoms with Crippen LogP contribution in [0.5, 0.6) is 0 Å². The topological polar surface area (TPSA) is 121 Å². The van der Waals surface area contributed by atoms with E-state index in [2.05, 4.69) is 16.0 Å². The zero-order chi connectivity index (χ0) is 32.6. The molecule has 4 rings (SSSR count). The minimum Gasteiger partial charge on any atom is -0.356 e. The Labute approximate surface area is 265 Å². The molecule has 3 aromatic carbocycles. The van der Waals surface area contributed by atoms with Crippen molar-refractivity contribution in [3.05, 3.63) is 83.9 Å². The Balaban J connectivity index is 1.58. The number of ketones is 1. The Morgan fingerprint density at radius 1 is 0.956 bits per heavy atom. The van der Waals surface area contributed by atoms with Gasteiger partial charge >= 0.3 is 0 Å². The summed E-state index contributed by atoms with van der Waals surface area (Å²) in [5, 5.41) is 10.6. The van der Waals surface area contributed by atoms with Gasteiger partial charge in [0.05, 0.1) is 17.5 Å². The number of rotatable bonds is 15. The van der Waals surface area contributed by atoms with Crippen molar-refractivity contribution in [3.8, 4) is 0 Å². The lowest BCUT2D eigenvalue weighted by atomic mass is 9.82. The lowest BCUT2D eigenvalue weighted by Gasteiger charge is -2.29. The molecule has 0 aliphatic carbocycles. The molecule has 0 saturated carbocycles. The second-order valence-electron chi connectivity index (χ2n) is 13.1. The minimum absolute atomic E-state index is 0.0962. The van der Waals surface area contributed by atoms with Gasteiger partial charge < -0.3 is 20.7 Å². The molecule has 238 valence electrons. The van der Waals surface area contributed by atoms with E-state index in [1.54, 1.807) is 0 Å². The third kappa shape index (κ3) is 8.65. The van der Waals surface area contributed by atoms with Gasteiger partial charge in [-0.15, -0.1) is 0 Å². The molecule has 8 heteroatoms. The molecule has 45 heavy (non-hydrogen) atoms. The Kier molecular flexibility index (Phi) is 11.3. The van der Waals surface area contributed by atoms with Crippen molar-refractivity contribution < 1.29 is 24.0 Å². The average Bonchev–Trinajstić information content (AvgIpc) is 3.43.